The monoisotopic (exact) mass is 323 g/mol. The summed E-state index contributed by atoms with van der Waals surface area (Å²) in [7, 11) is 0. The minimum absolute atomic E-state index is 0.0877. The molecule has 0 spiro atoms. The Balaban J connectivity index is 1.67. The third kappa shape index (κ3) is 4.70. The number of hydrogen-bond donors (Lipinski definition) is 2. The van der Waals surface area contributed by atoms with Gasteiger partial charge in [-0.15, -0.1) is 11.3 Å². The summed E-state index contributed by atoms with van der Waals surface area (Å²) in [4.78, 5) is 38.5. The van der Waals surface area contributed by atoms with Crippen molar-refractivity contribution in [3.05, 3.63) is 35.2 Å². The molecule has 0 saturated heterocycles. The number of amides is 2. The Morgan fingerprint density at radius 2 is 2.23 bits per heavy atom. The van der Waals surface area contributed by atoms with Gasteiger partial charge in [-0.25, -0.2) is 4.98 Å². The molecule has 22 heavy (non-hydrogen) atoms. The Labute approximate surface area is 129 Å². The maximum atomic E-state index is 11.5. The van der Waals surface area contributed by atoms with Crippen LogP contribution in [0.25, 0.3) is 0 Å². The van der Waals surface area contributed by atoms with E-state index < -0.39 is 24.4 Å². The molecule has 0 aliphatic heterocycles. The molecule has 2 aromatic heterocycles. The van der Waals surface area contributed by atoms with Crippen molar-refractivity contribution in [3.8, 4) is 0 Å². The van der Waals surface area contributed by atoms with E-state index >= 15 is 0 Å². The van der Waals surface area contributed by atoms with Gasteiger partial charge in [0.25, 0.3) is 11.8 Å². The lowest BCUT2D eigenvalue weighted by molar-refractivity contribution is -0.146. The fourth-order valence-electron chi connectivity index (χ4n) is 1.41. The summed E-state index contributed by atoms with van der Waals surface area (Å²) < 4.78 is 9.59. The molecule has 2 heterocycles. The predicted octanol–water partition coefficient (Wildman–Crippen LogP) is 0.956. The number of rotatable bonds is 6. The molecule has 2 rings (SSSR count). The van der Waals surface area contributed by atoms with Gasteiger partial charge < -0.3 is 14.5 Å². The fourth-order valence-corrected chi connectivity index (χ4v) is 2.12. The van der Waals surface area contributed by atoms with Gasteiger partial charge in [-0.2, -0.15) is 0 Å². The van der Waals surface area contributed by atoms with Gasteiger partial charge >= 0.3 is 5.97 Å². The number of carbonyl (C=O) groups excluding carboxylic acids is 3. The highest BCUT2D eigenvalue weighted by Crippen LogP contribution is 2.13. The van der Waals surface area contributed by atoms with Crippen LogP contribution in [0.5, 0.6) is 0 Å². The highest BCUT2D eigenvalue weighted by molar-refractivity contribution is 7.13. The van der Waals surface area contributed by atoms with Gasteiger partial charge in [-0.3, -0.25) is 19.7 Å². The van der Waals surface area contributed by atoms with Crippen LogP contribution < -0.4 is 10.6 Å². The standard InChI is InChI=1S/C13H13N3O5S/c1-8-7-22-13(15-8)16-10(17)6-21-11(18)5-14-12(19)9-3-2-4-20-9/h2-4,7H,5-6H2,1H3,(H,14,19)(H,15,16,17). The number of anilines is 1. The first kappa shape index (κ1) is 15.7. The third-order valence-electron chi connectivity index (χ3n) is 2.37. The van der Waals surface area contributed by atoms with E-state index in [4.69, 9.17) is 9.15 Å². The molecule has 116 valence electrons. The molecule has 0 saturated carbocycles. The topological polar surface area (TPSA) is 111 Å². The molecule has 2 aromatic rings. The molecule has 0 atom stereocenters. The highest BCUT2D eigenvalue weighted by Gasteiger charge is 2.12. The zero-order valence-corrected chi connectivity index (χ0v) is 12.4. The SMILES string of the molecule is Cc1csc(NC(=O)COC(=O)CNC(=O)c2ccco2)n1. The molecule has 0 unspecified atom stereocenters. The summed E-state index contributed by atoms with van der Waals surface area (Å²) >= 11 is 1.27. The Hall–Kier alpha value is -2.68. The molecular formula is C13H13N3O5S. The third-order valence-corrected chi connectivity index (χ3v) is 3.24. The number of aryl methyl sites for hydroxylation is 1. The first-order chi connectivity index (χ1) is 10.5. The molecule has 0 aliphatic rings. The maximum Gasteiger partial charge on any atom is 0.325 e. The number of esters is 1. The number of nitrogens with one attached hydrogen (secondary N) is 2. The number of nitrogens with zero attached hydrogens (tertiary/aromatic N) is 1. The van der Waals surface area contributed by atoms with E-state index in [1.54, 1.807) is 18.4 Å². The Morgan fingerprint density at radius 1 is 1.41 bits per heavy atom. The van der Waals surface area contributed by atoms with Crippen LogP contribution in [0.2, 0.25) is 0 Å². The van der Waals surface area contributed by atoms with Gasteiger partial charge in [0.2, 0.25) is 0 Å². The van der Waals surface area contributed by atoms with E-state index in [2.05, 4.69) is 15.6 Å². The molecule has 0 bridgehead atoms. The lowest BCUT2D eigenvalue weighted by atomic mass is 10.4. The normalized spacial score (nSPS) is 10.0. The smallest absolute Gasteiger partial charge is 0.325 e. The van der Waals surface area contributed by atoms with E-state index in [9.17, 15) is 14.4 Å². The lowest BCUT2D eigenvalue weighted by Crippen LogP contribution is -2.32. The molecule has 0 radical (unpaired) electrons. The number of carbonyl (C=O) groups is 3. The zero-order valence-electron chi connectivity index (χ0n) is 11.6. The maximum absolute atomic E-state index is 11.5. The summed E-state index contributed by atoms with van der Waals surface area (Å²) in [5.41, 5.74) is 0.790. The minimum atomic E-state index is -0.731. The second-order valence-corrected chi connectivity index (χ2v) is 5.02. The second kappa shape index (κ2) is 7.36. The Morgan fingerprint density at radius 3 is 2.86 bits per heavy atom. The molecular weight excluding hydrogens is 310 g/mol. The minimum Gasteiger partial charge on any atom is -0.459 e. The van der Waals surface area contributed by atoms with Crippen LogP contribution in [0.15, 0.2) is 28.2 Å². The summed E-state index contributed by atoms with van der Waals surface area (Å²) in [5, 5.41) is 7.03. The van der Waals surface area contributed by atoms with Crippen LogP contribution in [0, 0.1) is 6.92 Å². The van der Waals surface area contributed by atoms with E-state index in [1.807, 2.05) is 0 Å². The average Bonchev–Trinajstić information content (AvgIpc) is 3.14. The molecule has 8 nitrogen and oxygen atoms in total. The molecule has 0 aromatic carbocycles. The van der Waals surface area contributed by atoms with Crippen molar-refractivity contribution in [2.24, 2.45) is 0 Å². The van der Waals surface area contributed by atoms with Crippen LogP contribution in [-0.2, 0) is 14.3 Å². The molecule has 0 fully saturated rings. The van der Waals surface area contributed by atoms with Gasteiger partial charge in [0, 0.05) is 5.38 Å². The van der Waals surface area contributed by atoms with Crippen molar-refractivity contribution < 1.29 is 23.5 Å². The molecule has 2 N–H and O–H groups in total. The van der Waals surface area contributed by atoms with Crippen molar-refractivity contribution in [2.75, 3.05) is 18.5 Å². The van der Waals surface area contributed by atoms with Crippen LogP contribution in [0.3, 0.4) is 0 Å². The second-order valence-electron chi connectivity index (χ2n) is 4.16. The number of hydrogen-bond acceptors (Lipinski definition) is 7. The number of ether oxygens (including phenoxy) is 1. The van der Waals surface area contributed by atoms with E-state index in [1.165, 1.54) is 23.7 Å². The molecule has 0 aliphatic carbocycles. The Kier molecular flexibility index (Phi) is 5.26. The van der Waals surface area contributed by atoms with E-state index in [0.717, 1.165) is 5.69 Å². The number of thiazole rings is 1. The molecule has 2 amide bonds. The summed E-state index contributed by atoms with van der Waals surface area (Å²) in [6.07, 6.45) is 1.35. The van der Waals surface area contributed by atoms with Crippen molar-refractivity contribution in [1.82, 2.24) is 10.3 Å². The molecule has 9 heteroatoms. The largest absolute Gasteiger partial charge is 0.459 e. The van der Waals surface area contributed by atoms with Crippen molar-refractivity contribution in [1.29, 1.82) is 0 Å². The average molecular weight is 323 g/mol. The zero-order chi connectivity index (χ0) is 15.9. The van der Waals surface area contributed by atoms with Crippen LogP contribution in [0.4, 0.5) is 5.13 Å². The lowest BCUT2D eigenvalue weighted by Gasteiger charge is -2.05. The van der Waals surface area contributed by atoms with Crippen molar-refractivity contribution in [3.63, 3.8) is 0 Å². The highest BCUT2D eigenvalue weighted by atomic mass is 32.1. The fraction of sp³-hybridized carbons (Fsp3) is 0.231. The summed E-state index contributed by atoms with van der Waals surface area (Å²) in [5.74, 6) is -1.68. The van der Waals surface area contributed by atoms with Crippen LogP contribution in [-0.4, -0.2) is 35.9 Å². The van der Waals surface area contributed by atoms with Crippen molar-refractivity contribution >= 4 is 34.3 Å². The van der Waals surface area contributed by atoms with Gasteiger partial charge in [-0.1, -0.05) is 0 Å². The Bertz CT molecular complexity index is 665. The van der Waals surface area contributed by atoms with Crippen LogP contribution >= 0.6 is 11.3 Å². The van der Waals surface area contributed by atoms with Crippen LogP contribution in [0.1, 0.15) is 16.2 Å². The number of furan rings is 1. The number of aromatic nitrogens is 1. The van der Waals surface area contributed by atoms with E-state index in [0.29, 0.717) is 5.13 Å². The van der Waals surface area contributed by atoms with Gasteiger partial charge in [0.1, 0.15) is 6.54 Å². The predicted molar refractivity (Wildman–Crippen MR) is 77.5 cm³/mol. The van der Waals surface area contributed by atoms with Gasteiger partial charge in [0.15, 0.2) is 17.5 Å². The summed E-state index contributed by atoms with van der Waals surface area (Å²) in [6, 6.07) is 3.02. The van der Waals surface area contributed by atoms with E-state index in [-0.39, 0.29) is 12.3 Å². The quantitative estimate of drug-likeness (QED) is 0.766. The van der Waals surface area contributed by atoms with Gasteiger partial charge in [0.05, 0.1) is 12.0 Å². The first-order valence-electron chi connectivity index (χ1n) is 6.24. The van der Waals surface area contributed by atoms with Gasteiger partial charge in [-0.05, 0) is 19.1 Å². The van der Waals surface area contributed by atoms with Crippen molar-refractivity contribution in [2.45, 2.75) is 6.92 Å². The first-order valence-corrected chi connectivity index (χ1v) is 7.12. The summed E-state index contributed by atoms with van der Waals surface area (Å²) in [6.45, 7) is 0.991.